The largest absolute Gasteiger partial charge is 0.462 e. The van der Waals surface area contributed by atoms with Crippen molar-refractivity contribution < 1.29 is 9.53 Å². The molecule has 1 aliphatic heterocycles. The zero-order chi connectivity index (χ0) is 20.5. The number of piperidine rings is 1. The number of nitrogens with zero attached hydrogens (tertiary/aromatic N) is 7. The van der Waals surface area contributed by atoms with E-state index in [0.717, 1.165) is 60.7 Å². The smallest absolute Gasteiger partial charge is 0.341 e. The van der Waals surface area contributed by atoms with E-state index < -0.39 is 0 Å². The van der Waals surface area contributed by atoms with Gasteiger partial charge in [-0.05, 0) is 33.6 Å². The third kappa shape index (κ3) is 3.34. The molecule has 1 fully saturated rings. The van der Waals surface area contributed by atoms with E-state index in [0.29, 0.717) is 18.1 Å². The lowest BCUT2D eigenvalue weighted by atomic mass is 9.94. The van der Waals surface area contributed by atoms with Gasteiger partial charge in [-0.15, -0.1) is 10.2 Å². The fourth-order valence-electron chi connectivity index (χ4n) is 4.26. The van der Waals surface area contributed by atoms with Crippen molar-refractivity contribution in [2.24, 2.45) is 7.05 Å². The molecule has 9 nitrogen and oxygen atoms in total. The number of fused-ring (bicyclic) bond motifs is 1. The standard InChI is InChI=1S/C20H27N7O2/c1-5-26-12-22-23-18(26)14-7-9-27(10-8-14)17-15(20(28)29-6-2)11-21-19-16(17)13(3)24-25(19)4/h11-12,14H,5-10H2,1-4H3. The molecule has 0 N–H and O–H groups in total. The quantitative estimate of drug-likeness (QED) is 0.611. The number of pyridine rings is 1. The highest BCUT2D eigenvalue weighted by Crippen LogP contribution is 2.36. The fraction of sp³-hybridized carbons (Fsp3) is 0.550. The Morgan fingerprint density at radius 2 is 2.03 bits per heavy atom. The van der Waals surface area contributed by atoms with Crippen molar-refractivity contribution in [3.8, 4) is 0 Å². The Hall–Kier alpha value is -2.97. The van der Waals surface area contributed by atoms with E-state index in [4.69, 9.17) is 4.74 Å². The van der Waals surface area contributed by atoms with Crippen molar-refractivity contribution >= 4 is 22.7 Å². The third-order valence-corrected chi connectivity index (χ3v) is 5.66. The van der Waals surface area contributed by atoms with Crippen LogP contribution in [0.15, 0.2) is 12.5 Å². The summed E-state index contributed by atoms with van der Waals surface area (Å²) in [4.78, 5) is 19.4. The number of carbonyl (C=O) groups is 1. The van der Waals surface area contributed by atoms with Gasteiger partial charge in [0.2, 0.25) is 0 Å². The lowest BCUT2D eigenvalue weighted by molar-refractivity contribution is 0.0526. The lowest BCUT2D eigenvalue weighted by Crippen LogP contribution is -2.35. The van der Waals surface area contributed by atoms with Crippen molar-refractivity contribution in [2.45, 2.75) is 46.1 Å². The molecule has 0 aliphatic carbocycles. The number of ether oxygens (including phenoxy) is 1. The summed E-state index contributed by atoms with van der Waals surface area (Å²) in [6.07, 6.45) is 5.32. The van der Waals surface area contributed by atoms with Crippen LogP contribution in [0, 0.1) is 6.92 Å². The van der Waals surface area contributed by atoms with Crippen molar-refractivity contribution in [3.63, 3.8) is 0 Å². The molecular weight excluding hydrogens is 370 g/mol. The summed E-state index contributed by atoms with van der Waals surface area (Å²) in [5, 5.41) is 13.9. The second-order valence-electron chi connectivity index (χ2n) is 7.39. The van der Waals surface area contributed by atoms with Gasteiger partial charge in [-0.25, -0.2) is 9.78 Å². The zero-order valence-electron chi connectivity index (χ0n) is 17.4. The van der Waals surface area contributed by atoms with E-state index in [-0.39, 0.29) is 5.97 Å². The van der Waals surface area contributed by atoms with Crippen LogP contribution in [0.1, 0.15) is 54.5 Å². The SMILES string of the molecule is CCOC(=O)c1cnc2c(c(C)nn2C)c1N1CCC(c2nncn2CC)CC1. The molecule has 1 aliphatic rings. The normalized spacial score (nSPS) is 15.2. The average molecular weight is 397 g/mol. The van der Waals surface area contributed by atoms with Crippen LogP contribution in [0.25, 0.3) is 11.0 Å². The van der Waals surface area contributed by atoms with Crippen LogP contribution in [0.2, 0.25) is 0 Å². The first-order valence-electron chi connectivity index (χ1n) is 10.2. The zero-order valence-corrected chi connectivity index (χ0v) is 17.4. The second kappa shape index (κ2) is 7.81. The molecule has 3 aromatic heterocycles. The van der Waals surface area contributed by atoms with Crippen molar-refractivity contribution in [2.75, 3.05) is 24.6 Å². The Morgan fingerprint density at radius 1 is 1.28 bits per heavy atom. The minimum Gasteiger partial charge on any atom is -0.462 e. The number of aromatic nitrogens is 6. The Morgan fingerprint density at radius 3 is 2.72 bits per heavy atom. The molecule has 4 heterocycles. The fourth-order valence-corrected chi connectivity index (χ4v) is 4.26. The summed E-state index contributed by atoms with van der Waals surface area (Å²) in [5.74, 6) is 1.08. The van der Waals surface area contributed by atoms with Gasteiger partial charge in [0.25, 0.3) is 0 Å². The van der Waals surface area contributed by atoms with Gasteiger partial charge in [0.1, 0.15) is 17.7 Å². The number of rotatable bonds is 5. The Kier molecular flexibility index (Phi) is 5.21. The van der Waals surface area contributed by atoms with Gasteiger partial charge in [-0.2, -0.15) is 5.10 Å². The van der Waals surface area contributed by atoms with Crippen molar-refractivity contribution in [1.29, 1.82) is 0 Å². The lowest BCUT2D eigenvalue weighted by Gasteiger charge is -2.34. The maximum Gasteiger partial charge on any atom is 0.341 e. The van der Waals surface area contributed by atoms with Crippen LogP contribution < -0.4 is 4.90 Å². The summed E-state index contributed by atoms with van der Waals surface area (Å²) < 4.78 is 9.19. The molecule has 0 radical (unpaired) electrons. The van der Waals surface area contributed by atoms with E-state index >= 15 is 0 Å². The highest BCUT2D eigenvalue weighted by Gasteiger charge is 2.30. The number of hydrogen-bond acceptors (Lipinski definition) is 7. The number of anilines is 1. The summed E-state index contributed by atoms with van der Waals surface area (Å²) in [7, 11) is 1.87. The van der Waals surface area contributed by atoms with Gasteiger partial charge in [0.15, 0.2) is 5.65 Å². The predicted octanol–water partition coefficient (Wildman–Crippen LogP) is 2.45. The van der Waals surface area contributed by atoms with Gasteiger partial charge in [-0.1, -0.05) is 0 Å². The van der Waals surface area contributed by atoms with Gasteiger partial charge < -0.3 is 14.2 Å². The summed E-state index contributed by atoms with van der Waals surface area (Å²) in [5.41, 5.74) is 3.03. The average Bonchev–Trinajstić information content (AvgIpc) is 3.32. The third-order valence-electron chi connectivity index (χ3n) is 5.66. The second-order valence-corrected chi connectivity index (χ2v) is 7.39. The molecule has 0 amide bonds. The van der Waals surface area contributed by atoms with E-state index in [9.17, 15) is 4.79 Å². The van der Waals surface area contributed by atoms with Gasteiger partial charge in [-0.3, -0.25) is 4.68 Å². The molecule has 0 unspecified atom stereocenters. The van der Waals surface area contributed by atoms with E-state index in [2.05, 4.69) is 36.7 Å². The predicted molar refractivity (Wildman–Crippen MR) is 109 cm³/mol. The Bertz CT molecular complexity index is 1030. The number of carbonyl (C=O) groups excluding carboxylic acids is 1. The van der Waals surface area contributed by atoms with Gasteiger partial charge in [0, 0.05) is 38.8 Å². The molecule has 154 valence electrons. The summed E-state index contributed by atoms with van der Waals surface area (Å²) >= 11 is 0. The molecule has 0 atom stereocenters. The maximum atomic E-state index is 12.7. The number of aryl methyl sites for hydroxylation is 3. The van der Waals surface area contributed by atoms with Crippen LogP contribution in [0.4, 0.5) is 5.69 Å². The van der Waals surface area contributed by atoms with Crippen LogP contribution in [-0.2, 0) is 18.3 Å². The van der Waals surface area contributed by atoms with E-state index in [1.807, 2.05) is 20.9 Å². The first-order chi connectivity index (χ1) is 14.0. The first kappa shape index (κ1) is 19.4. The topological polar surface area (TPSA) is 91.0 Å². The molecule has 3 aromatic rings. The van der Waals surface area contributed by atoms with E-state index in [1.165, 1.54) is 0 Å². The van der Waals surface area contributed by atoms with Crippen molar-refractivity contribution in [3.05, 3.63) is 29.6 Å². The molecule has 1 saturated heterocycles. The molecular formula is C20H27N7O2. The first-order valence-corrected chi connectivity index (χ1v) is 10.2. The minimum absolute atomic E-state index is 0.330. The molecule has 4 rings (SSSR count). The van der Waals surface area contributed by atoms with E-state index in [1.54, 1.807) is 17.2 Å². The van der Waals surface area contributed by atoms with Crippen LogP contribution in [-0.4, -0.2) is 55.2 Å². The molecule has 0 bridgehead atoms. The highest BCUT2D eigenvalue weighted by molar-refractivity contribution is 6.05. The van der Waals surface area contributed by atoms with Crippen LogP contribution in [0.3, 0.4) is 0 Å². The van der Waals surface area contributed by atoms with Gasteiger partial charge >= 0.3 is 5.97 Å². The molecule has 0 spiro atoms. The maximum absolute atomic E-state index is 12.7. The monoisotopic (exact) mass is 397 g/mol. The Balaban J connectivity index is 1.70. The van der Waals surface area contributed by atoms with Crippen molar-refractivity contribution in [1.82, 2.24) is 29.5 Å². The van der Waals surface area contributed by atoms with Gasteiger partial charge in [0.05, 0.1) is 23.4 Å². The Labute approximate surface area is 169 Å². The molecule has 0 saturated carbocycles. The number of hydrogen-bond donors (Lipinski definition) is 0. The minimum atomic E-state index is -0.340. The molecule has 29 heavy (non-hydrogen) atoms. The summed E-state index contributed by atoms with van der Waals surface area (Å²) in [6, 6.07) is 0. The van der Waals surface area contributed by atoms with Crippen LogP contribution >= 0.6 is 0 Å². The number of esters is 1. The molecule has 0 aromatic carbocycles. The van der Waals surface area contributed by atoms with Crippen LogP contribution in [0.5, 0.6) is 0 Å². The molecule has 9 heteroatoms. The summed E-state index contributed by atoms with van der Waals surface area (Å²) in [6.45, 7) is 8.72. The highest BCUT2D eigenvalue weighted by atomic mass is 16.5.